The predicted molar refractivity (Wildman–Crippen MR) is 113 cm³/mol. The summed E-state index contributed by atoms with van der Waals surface area (Å²) in [5, 5.41) is 5.51. The average Bonchev–Trinajstić information content (AvgIpc) is 3.39. The summed E-state index contributed by atoms with van der Waals surface area (Å²) in [5.74, 6) is 1.73. The summed E-state index contributed by atoms with van der Waals surface area (Å²) in [4.78, 5) is 12.0. The molecule has 0 saturated carbocycles. The van der Waals surface area contributed by atoms with Crippen LogP contribution in [0.1, 0.15) is 12.8 Å². The molecule has 0 aliphatic carbocycles. The number of hydrogen-bond donors (Lipinski definition) is 0. The number of methoxy groups -OCH3 is 1. The lowest BCUT2D eigenvalue weighted by atomic mass is 10.1. The van der Waals surface area contributed by atoms with Gasteiger partial charge in [0.25, 0.3) is 0 Å². The number of fused-ring (bicyclic) bond motifs is 2. The molecule has 1 aromatic carbocycles. The van der Waals surface area contributed by atoms with Crippen molar-refractivity contribution in [3.8, 4) is 17.0 Å². The second kappa shape index (κ2) is 7.33. The summed E-state index contributed by atoms with van der Waals surface area (Å²) in [6, 6.07) is 12.2. The summed E-state index contributed by atoms with van der Waals surface area (Å²) in [7, 11) is 3.52. The standard InChI is InChI=1S/C22H23N5O2/c1-26-13-15-11-16(21(29-14-28-2)12-20(15)25-26)17-5-6-19-18(23-17)7-8-22(24-19)27-9-3-4-10-27/h5-8,11-13H,3-4,9-10,14H2,1-2H3. The van der Waals surface area contributed by atoms with E-state index >= 15 is 0 Å². The minimum Gasteiger partial charge on any atom is -0.467 e. The molecule has 1 saturated heterocycles. The molecule has 148 valence electrons. The highest BCUT2D eigenvalue weighted by Crippen LogP contribution is 2.34. The number of benzene rings is 1. The first-order chi connectivity index (χ1) is 14.2. The zero-order chi connectivity index (χ0) is 19.8. The molecule has 0 bridgehead atoms. The van der Waals surface area contributed by atoms with E-state index in [1.165, 1.54) is 12.8 Å². The van der Waals surface area contributed by atoms with Crippen molar-refractivity contribution in [2.75, 3.05) is 31.9 Å². The molecule has 0 unspecified atom stereocenters. The number of rotatable bonds is 5. The molecular weight excluding hydrogens is 366 g/mol. The summed E-state index contributed by atoms with van der Waals surface area (Å²) < 4.78 is 12.7. The number of nitrogens with zero attached hydrogens (tertiary/aromatic N) is 5. The Morgan fingerprint density at radius 2 is 1.76 bits per heavy atom. The van der Waals surface area contributed by atoms with Crippen LogP contribution in [0.5, 0.6) is 5.75 Å². The zero-order valence-electron chi connectivity index (χ0n) is 16.6. The molecule has 0 N–H and O–H groups in total. The Morgan fingerprint density at radius 1 is 0.966 bits per heavy atom. The van der Waals surface area contributed by atoms with Crippen LogP contribution in [0.3, 0.4) is 0 Å². The first kappa shape index (κ1) is 17.9. The van der Waals surface area contributed by atoms with E-state index in [1.807, 2.05) is 31.4 Å². The van der Waals surface area contributed by atoms with Crippen molar-refractivity contribution in [2.24, 2.45) is 7.05 Å². The molecule has 0 radical (unpaired) electrons. The highest BCUT2D eigenvalue weighted by atomic mass is 16.7. The van der Waals surface area contributed by atoms with E-state index in [-0.39, 0.29) is 6.79 Å². The molecule has 1 fully saturated rings. The lowest BCUT2D eigenvalue weighted by Gasteiger charge is -2.16. The number of hydrogen-bond acceptors (Lipinski definition) is 6. The lowest BCUT2D eigenvalue weighted by molar-refractivity contribution is 0.0516. The van der Waals surface area contributed by atoms with Gasteiger partial charge in [0.15, 0.2) is 6.79 Å². The molecule has 3 aromatic heterocycles. The minimum atomic E-state index is 0.166. The Balaban J connectivity index is 1.58. The molecular formula is C22H23N5O2. The summed E-state index contributed by atoms with van der Waals surface area (Å²) in [6.45, 7) is 2.32. The van der Waals surface area contributed by atoms with Crippen molar-refractivity contribution in [1.29, 1.82) is 0 Å². The van der Waals surface area contributed by atoms with Gasteiger partial charge in [0.05, 0.1) is 22.2 Å². The molecule has 29 heavy (non-hydrogen) atoms. The lowest BCUT2D eigenvalue weighted by Crippen LogP contribution is -2.18. The fourth-order valence-corrected chi connectivity index (χ4v) is 3.89. The van der Waals surface area contributed by atoms with Crippen molar-refractivity contribution >= 4 is 27.8 Å². The highest BCUT2D eigenvalue weighted by molar-refractivity contribution is 5.89. The van der Waals surface area contributed by atoms with Gasteiger partial charge >= 0.3 is 0 Å². The predicted octanol–water partition coefficient (Wildman–Crippen LogP) is 3.77. The first-order valence-corrected chi connectivity index (χ1v) is 9.83. The number of aromatic nitrogens is 4. The van der Waals surface area contributed by atoms with Gasteiger partial charge in [-0.05, 0) is 43.2 Å². The van der Waals surface area contributed by atoms with Gasteiger partial charge in [-0.1, -0.05) is 0 Å². The topological polar surface area (TPSA) is 65.3 Å². The van der Waals surface area contributed by atoms with Crippen LogP contribution < -0.4 is 9.64 Å². The van der Waals surface area contributed by atoms with Gasteiger partial charge in [-0.2, -0.15) is 5.10 Å². The van der Waals surface area contributed by atoms with Crippen LogP contribution in [0.25, 0.3) is 33.2 Å². The van der Waals surface area contributed by atoms with Gasteiger partial charge in [0.2, 0.25) is 0 Å². The fraction of sp³-hybridized carbons (Fsp3) is 0.318. The Kier molecular flexibility index (Phi) is 4.52. The number of pyridine rings is 2. The van der Waals surface area contributed by atoms with Crippen molar-refractivity contribution in [3.63, 3.8) is 0 Å². The Labute approximate surface area is 168 Å². The van der Waals surface area contributed by atoms with Gasteiger partial charge < -0.3 is 14.4 Å². The maximum atomic E-state index is 5.82. The second-order valence-electron chi connectivity index (χ2n) is 7.36. The number of ether oxygens (including phenoxy) is 2. The normalized spacial score (nSPS) is 14.2. The fourth-order valence-electron chi connectivity index (χ4n) is 3.89. The van der Waals surface area contributed by atoms with E-state index < -0.39 is 0 Å². The molecule has 7 nitrogen and oxygen atoms in total. The van der Waals surface area contributed by atoms with Gasteiger partial charge in [-0.25, -0.2) is 9.97 Å². The van der Waals surface area contributed by atoms with E-state index in [9.17, 15) is 0 Å². The summed E-state index contributed by atoms with van der Waals surface area (Å²) >= 11 is 0. The van der Waals surface area contributed by atoms with E-state index in [1.54, 1.807) is 11.8 Å². The molecule has 4 aromatic rings. The van der Waals surface area contributed by atoms with E-state index in [4.69, 9.17) is 19.4 Å². The van der Waals surface area contributed by atoms with Gasteiger partial charge in [-0.3, -0.25) is 4.68 Å². The van der Waals surface area contributed by atoms with E-state index in [0.717, 1.165) is 52.1 Å². The molecule has 0 atom stereocenters. The molecule has 1 aliphatic heterocycles. The number of aryl methyl sites for hydroxylation is 1. The Morgan fingerprint density at radius 3 is 2.59 bits per heavy atom. The van der Waals surface area contributed by atoms with Crippen LogP contribution in [0, 0.1) is 0 Å². The van der Waals surface area contributed by atoms with E-state index in [2.05, 4.69) is 28.2 Å². The third-order valence-corrected chi connectivity index (χ3v) is 5.29. The monoisotopic (exact) mass is 389 g/mol. The third kappa shape index (κ3) is 3.38. The third-order valence-electron chi connectivity index (χ3n) is 5.29. The van der Waals surface area contributed by atoms with Gasteiger partial charge in [-0.15, -0.1) is 0 Å². The van der Waals surface area contributed by atoms with Crippen LogP contribution >= 0.6 is 0 Å². The minimum absolute atomic E-state index is 0.166. The first-order valence-electron chi connectivity index (χ1n) is 9.83. The van der Waals surface area contributed by atoms with Crippen LogP contribution in [-0.2, 0) is 11.8 Å². The molecule has 0 amide bonds. The van der Waals surface area contributed by atoms with Crippen LogP contribution in [0.2, 0.25) is 0 Å². The zero-order valence-corrected chi connectivity index (χ0v) is 16.6. The van der Waals surface area contributed by atoms with E-state index in [0.29, 0.717) is 5.75 Å². The quantitative estimate of drug-likeness (QED) is 0.484. The smallest absolute Gasteiger partial charge is 0.188 e. The summed E-state index contributed by atoms with van der Waals surface area (Å²) in [5.41, 5.74) is 4.40. The molecule has 5 rings (SSSR count). The highest BCUT2D eigenvalue weighted by Gasteiger charge is 2.16. The number of anilines is 1. The van der Waals surface area contributed by atoms with Crippen molar-refractivity contribution in [1.82, 2.24) is 19.7 Å². The summed E-state index contributed by atoms with van der Waals surface area (Å²) in [6.07, 6.45) is 4.46. The Hall–Kier alpha value is -3.19. The second-order valence-corrected chi connectivity index (χ2v) is 7.36. The SMILES string of the molecule is COCOc1cc2nn(C)cc2cc1-c1ccc2nc(N3CCCC3)ccc2n1. The van der Waals surface area contributed by atoms with Crippen molar-refractivity contribution < 1.29 is 9.47 Å². The van der Waals surface area contributed by atoms with Crippen LogP contribution in [0.4, 0.5) is 5.82 Å². The van der Waals surface area contributed by atoms with Gasteiger partial charge in [0, 0.05) is 50.5 Å². The van der Waals surface area contributed by atoms with Gasteiger partial charge in [0.1, 0.15) is 11.6 Å². The van der Waals surface area contributed by atoms with Crippen LogP contribution in [0.15, 0.2) is 42.6 Å². The average molecular weight is 389 g/mol. The van der Waals surface area contributed by atoms with Crippen molar-refractivity contribution in [3.05, 3.63) is 42.6 Å². The molecule has 4 heterocycles. The molecule has 1 aliphatic rings. The van der Waals surface area contributed by atoms with Crippen molar-refractivity contribution in [2.45, 2.75) is 12.8 Å². The molecule has 0 spiro atoms. The Bertz CT molecular complexity index is 1180. The maximum absolute atomic E-state index is 5.82. The molecule has 7 heteroatoms. The van der Waals surface area contributed by atoms with Crippen LogP contribution in [-0.4, -0.2) is 46.7 Å². The largest absolute Gasteiger partial charge is 0.467 e. The maximum Gasteiger partial charge on any atom is 0.188 e.